The summed E-state index contributed by atoms with van der Waals surface area (Å²) in [5.74, 6) is -0.209. The lowest BCUT2D eigenvalue weighted by Crippen LogP contribution is -2.47. The highest BCUT2D eigenvalue weighted by Gasteiger charge is 2.35. The predicted octanol–water partition coefficient (Wildman–Crippen LogP) is 4.52. The molecule has 0 spiro atoms. The van der Waals surface area contributed by atoms with Gasteiger partial charge in [0, 0.05) is 4.47 Å². The fourth-order valence-electron chi connectivity index (χ4n) is 2.83. The van der Waals surface area contributed by atoms with E-state index in [1.54, 1.807) is 6.07 Å². The van der Waals surface area contributed by atoms with Crippen LogP contribution in [0.15, 0.2) is 46.9 Å². The van der Waals surface area contributed by atoms with Gasteiger partial charge in [-0.1, -0.05) is 34.1 Å². The first-order valence-electron chi connectivity index (χ1n) is 9.25. The van der Waals surface area contributed by atoms with Gasteiger partial charge < -0.3 is 20.7 Å². The molecule has 0 bridgehead atoms. The van der Waals surface area contributed by atoms with Crippen molar-refractivity contribution in [1.29, 1.82) is 0 Å². The maximum absolute atomic E-state index is 13.5. The monoisotopic (exact) mass is 511 g/mol. The van der Waals surface area contributed by atoms with Gasteiger partial charge in [0.2, 0.25) is 0 Å². The number of hydrogen-bond donors (Lipinski definition) is 3. The van der Waals surface area contributed by atoms with Gasteiger partial charge in [-0.05, 0) is 61.1 Å². The Morgan fingerprint density at radius 1 is 0.967 bits per heavy atom. The number of benzene rings is 2. The molecule has 2 aromatic rings. The number of ether oxygens (including phenoxy) is 1. The second-order valence-electron chi connectivity index (χ2n) is 7.09. The lowest BCUT2D eigenvalue weighted by molar-refractivity contribution is -0.139. The standard InChI is InChI=1S/C21H25BrF3NO3.ClH/c22-17-5-1-3-15(11-17)4-2-10-29-19-7-6-16(12-18(19)21(23,24)25)8-9-20(26,13-27)14-28;/h1,3,5-7,11-12,27-28H,2,4,8-10,13-14,26H2;1H. The minimum atomic E-state index is -4.55. The summed E-state index contributed by atoms with van der Waals surface area (Å²) in [6.07, 6.45) is -2.92. The molecule has 2 aromatic carbocycles. The molecule has 30 heavy (non-hydrogen) atoms. The fraction of sp³-hybridized carbons (Fsp3) is 0.429. The third-order valence-electron chi connectivity index (χ3n) is 4.65. The first-order chi connectivity index (χ1) is 13.7. The summed E-state index contributed by atoms with van der Waals surface area (Å²) in [4.78, 5) is 0. The summed E-state index contributed by atoms with van der Waals surface area (Å²) in [5, 5.41) is 18.4. The van der Waals surface area contributed by atoms with Gasteiger partial charge in [0.25, 0.3) is 0 Å². The second kappa shape index (κ2) is 11.9. The van der Waals surface area contributed by atoms with E-state index in [2.05, 4.69) is 15.9 Å². The van der Waals surface area contributed by atoms with E-state index in [0.29, 0.717) is 18.4 Å². The summed E-state index contributed by atoms with van der Waals surface area (Å²) in [5.41, 5.74) is 5.21. The Kier molecular flexibility index (Phi) is 10.6. The molecule has 0 radical (unpaired) electrons. The van der Waals surface area contributed by atoms with Crippen LogP contribution in [0.3, 0.4) is 0 Å². The highest BCUT2D eigenvalue weighted by Crippen LogP contribution is 2.37. The molecule has 9 heteroatoms. The number of rotatable bonds is 10. The molecule has 0 aliphatic heterocycles. The topological polar surface area (TPSA) is 75.7 Å². The highest BCUT2D eigenvalue weighted by molar-refractivity contribution is 9.10. The Labute approximate surface area is 188 Å². The number of hydrogen-bond acceptors (Lipinski definition) is 4. The SMILES string of the molecule is Cl.NC(CO)(CO)CCc1ccc(OCCCc2cccc(Br)c2)c(C(F)(F)F)c1. The number of nitrogens with two attached hydrogens (primary N) is 1. The molecule has 0 saturated carbocycles. The summed E-state index contributed by atoms with van der Waals surface area (Å²) in [6, 6.07) is 11.6. The molecule has 2 rings (SSSR count). The molecule has 0 heterocycles. The Morgan fingerprint density at radius 3 is 2.23 bits per heavy atom. The van der Waals surface area contributed by atoms with Crippen LogP contribution in [0.2, 0.25) is 0 Å². The number of aliphatic hydroxyl groups excluding tert-OH is 2. The van der Waals surface area contributed by atoms with Crippen molar-refractivity contribution in [3.8, 4) is 5.75 Å². The molecule has 4 nitrogen and oxygen atoms in total. The fourth-order valence-corrected chi connectivity index (χ4v) is 3.28. The zero-order valence-corrected chi connectivity index (χ0v) is 18.7. The molecular weight excluding hydrogens is 487 g/mol. The minimum absolute atomic E-state index is 0. The van der Waals surface area contributed by atoms with E-state index in [-0.39, 0.29) is 37.6 Å². The Balaban J connectivity index is 0.00000450. The predicted molar refractivity (Wildman–Crippen MR) is 116 cm³/mol. The summed E-state index contributed by atoms with van der Waals surface area (Å²) in [6.45, 7) is -0.737. The Hall–Kier alpha value is -1.32. The van der Waals surface area contributed by atoms with Crippen molar-refractivity contribution < 1.29 is 28.1 Å². The number of alkyl halides is 3. The van der Waals surface area contributed by atoms with Gasteiger partial charge in [0.05, 0.1) is 30.9 Å². The minimum Gasteiger partial charge on any atom is -0.493 e. The van der Waals surface area contributed by atoms with Gasteiger partial charge >= 0.3 is 6.18 Å². The van der Waals surface area contributed by atoms with Gasteiger partial charge in [0.15, 0.2) is 0 Å². The maximum Gasteiger partial charge on any atom is 0.419 e. The molecule has 0 unspecified atom stereocenters. The van der Waals surface area contributed by atoms with Crippen LogP contribution < -0.4 is 10.5 Å². The molecular formula is C21H26BrClF3NO3. The van der Waals surface area contributed by atoms with Gasteiger partial charge in [-0.15, -0.1) is 12.4 Å². The number of aliphatic hydroxyl groups is 2. The highest BCUT2D eigenvalue weighted by atomic mass is 79.9. The van der Waals surface area contributed by atoms with Crippen LogP contribution in [-0.2, 0) is 19.0 Å². The Morgan fingerprint density at radius 2 is 1.63 bits per heavy atom. The van der Waals surface area contributed by atoms with Crippen molar-refractivity contribution >= 4 is 28.3 Å². The molecule has 0 aromatic heterocycles. The number of halogens is 5. The van der Waals surface area contributed by atoms with Crippen molar-refractivity contribution in [3.05, 3.63) is 63.6 Å². The molecule has 0 amide bonds. The van der Waals surface area contributed by atoms with E-state index >= 15 is 0 Å². The molecule has 0 saturated heterocycles. The van der Waals surface area contributed by atoms with Crippen LogP contribution in [0.5, 0.6) is 5.75 Å². The van der Waals surface area contributed by atoms with E-state index in [1.165, 1.54) is 6.07 Å². The van der Waals surface area contributed by atoms with Crippen molar-refractivity contribution in [2.45, 2.75) is 37.4 Å². The lowest BCUT2D eigenvalue weighted by atomic mass is 9.93. The van der Waals surface area contributed by atoms with Crippen LogP contribution in [0, 0.1) is 0 Å². The third kappa shape index (κ3) is 8.07. The third-order valence-corrected chi connectivity index (χ3v) is 5.14. The molecule has 0 atom stereocenters. The average molecular weight is 513 g/mol. The zero-order valence-electron chi connectivity index (χ0n) is 16.3. The van der Waals surface area contributed by atoms with E-state index < -0.39 is 30.5 Å². The normalized spacial score (nSPS) is 11.8. The average Bonchev–Trinajstić information content (AvgIpc) is 2.69. The van der Waals surface area contributed by atoms with Crippen molar-refractivity contribution in [1.82, 2.24) is 0 Å². The largest absolute Gasteiger partial charge is 0.493 e. The molecule has 0 fully saturated rings. The van der Waals surface area contributed by atoms with Crippen LogP contribution in [0.4, 0.5) is 13.2 Å². The van der Waals surface area contributed by atoms with Gasteiger partial charge in [0.1, 0.15) is 5.75 Å². The number of aryl methyl sites for hydroxylation is 2. The van der Waals surface area contributed by atoms with Crippen molar-refractivity contribution in [2.75, 3.05) is 19.8 Å². The molecule has 168 valence electrons. The van der Waals surface area contributed by atoms with Crippen molar-refractivity contribution in [2.24, 2.45) is 5.73 Å². The van der Waals surface area contributed by atoms with E-state index in [0.717, 1.165) is 16.1 Å². The first kappa shape index (κ1) is 26.7. The molecule has 0 aliphatic rings. The van der Waals surface area contributed by atoms with Crippen LogP contribution in [0.1, 0.15) is 29.5 Å². The van der Waals surface area contributed by atoms with Gasteiger partial charge in [-0.2, -0.15) is 13.2 Å². The van der Waals surface area contributed by atoms with Crippen LogP contribution in [0.25, 0.3) is 0 Å². The summed E-state index contributed by atoms with van der Waals surface area (Å²) < 4.78 is 46.8. The van der Waals surface area contributed by atoms with Gasteiger partial charge in [-0.25, -0.2) is 0 Å². The lowest BCUT2D eigenvalue weighted by Gasteiger charge is -2.24. The zero-order chi connectivity index (χ0) is 21.5. The summed E-state index contributed by atoms with van der Waals surface area (Å²) in [7, 11) is 0. The quantitative estimate of drug-likeness (QED) is 0.409. The molecule has 0 aliphatic carbocycles. The smallest absolute Gasteiger partial charge is 0.419 e. The van der Waals surface area contributed by atoms with Crippen molar-refractivity contribution in [3.63, 3.8) is 0 Å². The van der Waals surface area contributed by atoms with E-state index in [4.69, 9.17) is 10.5 Å². The maximum atomic E-state index is 13.5. The second-order valence-corrected chi connectivity index (χ2v) is 8.00. The van der Waals surface area contributed by atoms with Crippen LogP contribution >= 0.6 is 28.3 Å². The van der Waals surface area contributed by atoms with Crippen LogP contribution in [-0.4, -0.2) is 35.6 Å². The first-order valence-corrected chi connectivity index (χ1v) is 10.0. The molecule has 4 N–H and O–H groups in total. The van der Waals surface area contributed by atoms with Gasteiger partial charge in [-0.3, -0.25) is 0 Å². The summed E-state index contributed by atoms with van der Waals surface area (Å²) >= 11 is 3.39. The van der Waals surface area contributed by atoms with E-state index in [9.17, 15) is 23.4 Å². The van der Waals surface area contributed by atoms with E-state index in [1.807, 2.05) is 24.3 Å². The Bertz CT molecular complexity index is 801.